The number of pyridine rings is 1. The number of aromatic nitrogens is 1. The molecule has 1 aromatic heterocycles. The highest BCUT2D eigenvalue weighted by Gasteiger charge is 2.45. The lowest BCUT2D eigenvalue weighted by atomic mass is 9.81. The summed E-state index contributed by atoms with van der Waals surface area (Å²) in [6.07, 6.45) is 10.7. The Balaban J connectivity index is 1.32. The molecule has 7 nitrogen and oxygen atoms in total. The molecule has 1 aromatic rings. The van der Waals surface area contributed by atoms with Crippen molar-refractivity contribution >= 4 is 23.4 Å². The molecule has 0 spiro atoms. The second-order valence-corrected chi connectivity index (χ2v) is 8.08. The molecule has 2 aliphatic carbocycles. The lowest BCUT2D eigenvalue weighted by molar-refractivity contribution is -0.121. The minimum absolute atomic E-state index is 0.000324. The van der Waals surface area contributed by atoms with Crippen molar-refractivity contribution in [1.82, 2.24) is 14.8 Å². The normalized spacial score (nSPS) is 29.8. The SMILES string of the molecule is CN1C(=O)N(CC2CCC(C(=O)Nc3cccnc3)CC2)C2CC(=O)C=CC21. The standard InChI is InChI=1S/C21H26N4O3/c1-24-18-9-8-17(26)11-19(18)25(21(24)28)13-14-4-6-15(7-5-14)20(27)23-16-3-2-10-22-12-16/h2-3,8-10,12,14-15,18-19H,4-7,11,13H2,1H3,(H,23,27). The quantitative estimate of drug-likeness (QED) is 0.867. The molecule has 1 saturated carbocycles. The first-order chi connectivity index (χ1) is 13.5. The van der Waals surface area contributed by atoms with Crippen molar-refractivity contribution < 1.29 is 14.4 Å². The van der Waals surface area contributed by atoms with Crippen LogP contribution in [0.15, 0.2) is 36.7 Å². The van der Waals surface area contributed by atoms with Gasteiger partial charge in [0.1, 0.15) is 0 Å². The maximum atomic E-state index is 12.7. The van der Waals surface area contributed by atoms with E-state index >= 15 is 0 Å². The lowest BCUT2D eigenvalue weighted by Crippen LogP contribution is -2.42. The van der Waals surface area contributed by atoms with Gasteiger partial charge in [-0.3, -0.25) is 14.6 Å². The van der Waals surface area contributed by atoms with Crippen LogP contribution in [0.25, 0.3) is 0 Å². The number of anilines is 1. The van der Waals surface area contributed by atoms with E-state index in [1.165, 1.54) is 0 Å². The van der Waals surface area contributed by atoms with Crippen LogP contribution in [-0.4, -0.2) is 58.2 Å². The third-order valence-corrected chi connectivity index (χ3v) is 6.28. The van der Waals surface area contributed by atoms with E-state index in [-0.39, 0.29) is 35.7 Å². The number of nitrogens with zero attached hydrogens (tertiary/aromatic N) is 3. The monoisotopic (exact) mass is 382 g/mol. The summed E-state index contributed by atoms with van der Waals surface area (Å²) in [6.45, 7) is 0.669. The first kappa shape index (κ1) is 18.7. The average Bonchev–Trinajstić information content (AvgIpc) is 2.93. The van der Waals surface area contributed by atoms with Gasteiger partial charge in [-0.1, -0.05) is 6.08 Å². The molecule has 3 amide bonds. The first-order valence-electron chi connectivity index (χ1n) is 9.98. The van der Waals surface area contributed by atoms with Gasteiger partial charge in [0.05, 0.1) is 24.0 Å². The van der Waals surface area contributed by atoms with Gasteiger partial charge in [0.2, 0.25) is 5.91 Å². The van der Waals surface area contributed by atoms with Gasteiger partial charge < -0.3 is 15.1 Å². The van der Waals surface area contributed by atoms with Crippen LogP contribution in [0, 0.1) is 11.8 Å². The van der Waals surface area contributed by atoms with Crippen molar-refractivity contribution in [3.63, 3.8) is 0 Å². The molecule has 2 fully saturated rings. The topological polar surface area (TPSA) is 82.6 Å². The van der Waals surface area contributed by atoms with Gasteiger partial charge in [-0.15, -0.1) is 0 Å². The molecule has 148 valence electrons. The van der Waals surface area contributed by atoms with Gasteiger partial charge in [-0.2, -0.15) is 0 Å². The summed E-state index contributed by atoms with van der Waals surface area (Å²) >= 11 is 0. The molecule has 2 atom stereocenters. The number of urea groups is 1. The zero-order valence-corrected chi connectivity index (χ0v) is 16.1. The fraction of sp³-hybridized carbons (Fsp3) is 0.524. The summed E-state index contributed by atoms with van der Waals surface area (Å²) in [7, 11) is 1.81. The largest absolute Gasteiger partial charge is 0.324 e. The smallest absolute Gasteiger partial charge is 0.320 e. The second-order valence-electron chi connectivity index (χ2n) is 8.08. The number of nitrogens with one attached hydrogen (secondary N) is 1. The summed E-state index contributed by atoms with van der Waals surface area (Å²) in [5.41, 5.74) is 0.724. The van der Waals surface area contributed by atoms with Gasteiger partial charge in [-0.05, 0) is 49.8 Å². The maximum Gasteiger partial charge on any atom is 0.320 e. The maximum absolute atomic E-state index is 12.7. The van der Waals surface area contributed by atoms with E-state index in [1.807, 2.05) is 17.0 Å². The summed E-state index contributed by atoms with van der Waals surface area (Å²) < 4.78 is 0. The van der Waals surface area contributed by atoms with Gasteiger partial charge in [0, 0.05) is 32.1 Å². The van der Waals surface area contributed by atoms with Crippen molar-refractivity contribution in [2.75, 3.05) is 18.9 Å². The van der Waals surface area contributed by atoms with Gasteiger partial charge in [0.25, 0.3) is 0 Å². The van der Waals surface area contributed by atoms with Crippen LogP contribution in [0.5, 0.6) is 0 Å². The van der Waals surface area contributed by atoms with Crippen LogP contribution in [0.2, 0.25) is 0 Å². The first-order valence-corrected chi connectivity index (χ1v) is 9.98. The van der Waals surface area contributed by atoms with E-state index in [9.17, 15) is 14.4 Å². The van der Waals surface area contributed by atoms with Crippen LogP contribution in [0.3, 0.4) is 0 Å². The molecular formula is C21H26N4O3. The predicted octanol–water partition coefficient (Wildman–Crippen LogP) is 2.46. The van der Waals surface area contributed by atoms with Gasteiger partial charge in [-0.25, -0.2) is 4.79 Å². The zero-order valence-electron chi connectivity index (χ0n) is 16.1. The van der Waals surface area contributed by atoms with Crippen LogP contribution in [0.4, 0.5) is 10.5 Å². The number of rotatable bonds is 4. The molecule has 3 aliphatic rings. The Bertz CT molecular complexity index is 786. The van der Waals surface area contributed by atoms with Crippen LogP contribution in [0.1, 0.15) is 32.1 Å². The van der Waals surface area contributed by atoms with Crippen LogP contribution >= 0.6 is 0 Å². The summed E-state index contributed by atoms with van der Waals surface area (Å²) in [5.74, 6) is 0.511. The predicted molar refractivity (Wildman–Crippen MR) is 105 cm³/mol. The highest BCUT2D eigenvalue weighted by molar-refractivity contribution is 5.93. The summed E-state index contributed by atoms with van der Waals surface area (Å²) in [5, 5.41) is 2.94. The van der Waals surface area contributed by atoms with Crippen molar-refractivity contribution in [2.24, 2.45) is 11.8 Å². The molecule has 2 heterocycles. The number of allylic oxidation sites excluding steroid dienone is 1. The minimum atomic E-state index is -0.0541. The molecule has 1 N–H and O–H groups in total. The molecule has 1 saturated heterocycles. The Hall–Kier alpha value is -2.70. The Labute approximate surface area is 164 Å². The molecular weight excluding hydrogens is 356 g/mol. The fourth-order valence-electron chi connectivity index (χ4n) is 4.66. The number of fused-ring (bicyclic) bond motifs is 1. The van der Waals surface area contributed by atoms with Crippen molar-refractivity contribution in [3.8, 4) is 0 Å². The number of hydrogen-bond donors (Lipinski definition) is 1. The molecule has 4 rings (SSSR count). The molecule has 0 bridgehead atoms. The van der Waals surface area contributed by atoms with E-state index in [4.69, 9.17) is 0 Å². The highest BCUT2D eigenvalue weighted by Crippen LogP contribution is 2.34. The third kappa shape index (κ3) is 3.66. The van der Waals surface area contributed by atoms with E-state index in [1.54, 1.807) is 36.5 Å². The Morgan fingerprint density at radius 3 is 2.75 bits per heavy atom. The number of hydrogen-bond acceptors (Lipinski definition) is 4. The van der Waals surface area contributed by atoms with Gasteiger partial charge in [0.15, 0.2) is 5.78 Å². The Morgan fingerprint density at radius 1 is 1.25 bits per heavy atom. The Morgan fingerprint density at radius 2 is 2.04 bits per heavy atom. The lowest BCUT2D eigenvalue weighted by Gasteiger charge is -2.33. The molecule has 0 aromatic carbocycles. The molecule has 0 radical (unpaired) electrons. The van der Waals surface area contributed by atoms with E-state index in [0.717, 1.165) is 31.4 Å². The van der Waals surface area contributed by atoms with Gasteiger partial charge >= 0.3 is 6.03 Å². The number of carbonyl (C=O) groups excluding carboxylic acids is 3. The number of amides is 3. The van der Waals surface area contributed by atoms with E-state index in [2.05, 4.69) is 10.3 Å². The molecule has 7 heteroatoms. The molecule has 2 unspecified atom stereocenters. The van der Waals surface area contributed by atoms with E-state index in [0.29, 0.717) is 18.9 Å². The third-order valence-electron chi connectivity index (χ3n) is 6.28. The van der Waals surface area contributed by atoms with Crippen molar-refractivity contribution in [2.45, 2.75) is 44.2 Å². The number of likely N-dealkylation sites (N-methyl/N-ethyl adjacent to an activating group) is 1. The minimum Gasteiger partial charge on any atom is -0.324 e. The molecule has 1 aliphatic heterocycles. The second kappa shape index (κ2) is 7.73. The number of carbonyl (C=O) groups is 3. The van der Waals surface area contributed by atoms with Crippen LogP contribution < -0.4 is 5.32 Å². The van der Waals surface area contributed by atoms with Crippen molar-refractivity contribution in [3.05, 3.63) is 36.7 Å². The zero-order chi connectivity index (χ0) is 19.7. The highest BCUT2D eigenvalue weighted by atomic mass is 16.2. The van der Waals surface area contributed by atoms with Crippen molar-refractivity contribution in [1.29, 1.82) is 0 Å². The Kier molecular flexibility index (Phi) is 5.15. The fourth-order valence-corrected chi connectivity index (χ4v) is 4.66. The summed E-state index contributed by atoms with van der Waals surface area (Å²) in [6, 6.07) is 3.58. The van der Waals surface area contributed by atoms with Crippen LogP contribution in [-0.2, 0) is 9.59 Å². The molecule has 28 heavy (non-hydrogen) atoms. The van der Waals surface area contributed by atoms with E-state index < -0.39 is 0 Å². The number of ketones is 1. The summed E-state index contributed by atoms with van der Waals surface area (Å²) in [4.78, 5) is 44.6. The average molecular weight is 382 g/mol.